The first-order valence-electron chi connectivity index (χ1n) is 6.42. The third-order valence-electron chi connectivity index (χ3n) is 3.28. The highest BCUT2D eigenvalue weighted by Gasteiger charge is 2.28. The van der Waals surface area contributed by atoms with Gasteiger partial charge in [0.2, 0.25) is 20.0 Å². The van der Waals surface area contributed by atoms with Crippen molar-refractivity contribution in [2.45, 2.75) is 36.5 Å². The molecule has 7 nitrogen and oxygen atoms in total. The number of rotatable bonds is 4. The van der Waals surface area contributed by atoms with Gasteiger partial charge in [0, 0.05) is 12.0 Å². The molecule has 0 aromatic heterocycles. The number of primary sulfonamides is 1. The summed E-state index contributed by atoms with van der Waals surface area (Å²) in [6.07, 6.45) is 0.424. The number of nitrogens with two attached hydrogens (primary N) is 1. The van der Waals surface area contributed by atoms with Crippen molar-refractivity contribution >= 4 is 20.0 Å². The summed E-state index contributed by atoms with van der Waals surface area (Å²) in [5.74, 6) is 0.463. The lowest BCUT2D eigenvalue weighted by Gasteiger charge is -2.27. The number of ether oxygens (including phenoxy) is 1. The molecule has 21 heavy (non-hydrogen) atoms. The molecule has 1 atom stereocenters. The van der Waals surface area contributed by atoms with Gasteiger partial charge in [-0.3, -0.25) is 0 Å². The minimum absolute atomic E-state index is 0.0690. The summed E-state index contributed by atoms with van der Waals surface area (Å²) in [5.41, 5.74) is 0.483. The van der Waals surface area contributed by atoms with Crippen LogP contribution in [0.15, 0.2) is 23.1 Å². The van der Waals surface area contributed by atoms with Gasteiger partial charge in [-0.2, -0.15) is 0 Å². The van der Waals surface area contributed by atoms with E-state index >= 15 is 0 Å². The molecule has 1 aliphatic heterocycles. The molecule has 1 aliphatic rings. The molecular formula is C12H18N2O5S2. The minimum Gasteiger partial charge on any atom is -0.493 e. The second-order valence-corrected chi connectivity index (χ2v) is 8.98. The lowest BCUT2D eigenvalue weighted by Crippen LogP contribution is -2.36. The van der Waals surface area contributed by atoms with E-state index in [1.807, 2.05) is 0 Å². The number of fused-ring (bicyclic) bond motifs is 1. The Kier molecular flexibility index (Phi) is 4.29. The average molecular weight is 334 g/mol. The Labute approximate surface area is 124 Å². The molecule has 1 aromatic rings. The molecule has 3 N–H and O–H groups in total. The van der Waals surface area contributed by atoms with Crippen LogP contribution in [0.1, 0.15) is 31.9 Å². The van der Waals surface area contributed by atoms with Crippen molar-refractivity contribution in [2.75, 3.05) is 6.61 Å². The van der Waals surface area contributed by atoms with Crippen molar-refractivity contribution in [1.29, 1.82) is 0 Å². The third-order valence-corrected chi connectivity index (χ3v) is 6.04. The molecule has 1 unspecified atom stereocenters. The molecule has 0 spiro atoms. The zero-order chi connectivity index (χ0) is 15.8. The van der Waals surface area contributed by atoms with Crippen molar-refractivity contribution in [3.05, 3.63) is 23.8 Å². The minimum atomic E-state index is -3.85. The summed E-state index contributed by atoms with van der Waals surface area (Å²) >= 11 is 0. The van der Waals surface area contributed by atoms with E-state index in [1.165, 1.54) is 18.2 Å². The van der Waals surface area contributed by atoms with Crippen LogP contribution in [0.3, 0.4) is 0 Å². The van der Waals surface area contributed by atoms with Gasteiger partial charge in [-0.25, -0.2) is 26.7 Å². The van der Waals surface area contributed by atoms with Crippen LogP contribution in [0.2, 0.25) is 0 Å². The summed E-state index contributed by atoms with van der Waals surface area (Å²) in [6.45, 7) is 3.50. The molecule has 0 radical (unpaired) electrons. The maximum absolute atomic E-state index is 12.0. The Hall–Kier alpha value is -1.16. The number of sulfonamides is 2. The Morgan fingerprint density at radius 1 is 1.29 bits per heavy atom. The largest absolute Gasteiger partial charge is 0.493 e. The predicted octanol–water partition coefficient (Wildman–Crippen LogP) is 0.485. The standard InChI is InChI=1S/C12H18N2O5S2/c1-8(2)21(17,18)14-11-5-6-19-12-4-3-9(7-10(11)12)20(13,15)16/h3-4,7-8,11,14H,5-6H2,1-2H3,(H2,13,15,16). The van der Waals surface area contributed by atoms with E-state index < -0.39 is 31.3 Å². The molecule has 0 saturated carbocycles. The highest BCUT2D eigenvalue weighted by molar-refractivity contribution is 7.90. The third kappa shape index (κ3) is 3.54. The first kappa shape index (κ1) is 16.2. The van der Waals surface area contributed by atoms with E-state index in [1.54, 1.807) is 13.8 Å². The van der Waals surface area contributed by atoms with Gasteiger partial charge < -0.3 is 4.74 Å². The van der Waals surface area contributed by atoms with Gasteiger partial charge in [-0.15, -0.1) is 0 Å². The average Bonchev–Trinajstić information content (AvgIpc) is 2.37. The second kappa shape index (κ2) is 5.56. The van der Waals surface area contributed by atoms with Crippen LogP contribution >= 0.6 is 0 Å². The van der Waals surface area contributed by atoms with Gasteiger partial charge in [0.15, 0.2) is 0 Å². The van der Waals surface area contributed by atoms with E-state index in [-0.39, 0.29) is 4.90 Å². The molecule has 2 rings (SSSR count). The van der Waals surface area contributed by atoms with Crippen LogP contribution in [0.4, 0.5) is 0 Å². The van der Waals surface area contributed by atoms with Gasteiger partial charge in [0.25, 0.3) is 0 Å². The van der Waals surface area contributed by atoms with Crippen LogP contribution in [0.5, 0.6) is 5.75 Å². The number of hydrogen-bond donors (Lipinski definition) is 2. The van der Waals surface area contributed by atoms with Crippen LogP contribution in [-0.2, 0) is 20.0 Å². The van der Waals surface area contributed by atoms with Gasteiger partial charge in [-0.1, -0.05) is 0 Å². The summed E-state index contributed by atoms with van der Waals surface area (Å²) in [7, 11) is -7.33. The van der Waals surface area contributed by atoms with Gasteiger partial charge in [-0.05, 0) is 32.0 Å². The van der Waals surface area contributed by atoms with Crippen LogP contribution < -0.4 is 14.6 Å². The van der Waals surface area contributed by atoms with Crippen molar-refractivity contribution in [3.63, 3.8) is 0 Å². The molecule has 0 bridgehead atoms. The predicted molar refractivity (Wildman–Crippen MR) is 77.9 cm³/mol. The Bertz CT molecular complexity index is 741. The van der Waals surface area contributed by atoms with E-state index in [2.05, 4.69) is 4.72 Å². The summed E-state index contributed by atoms with van der Waals surface area (Å²) in [5, 5.41) is 4.53. The molecule has 1 heterocycles. The maximum atomic E-state index is 12.0. The first-order valence-corrected chi connectivity index (χ1v) is 9.51. The highest BCUT2D eigenvalue weighted by Crippen LogP contribution is 2.34. The van der Waals surface area contributed by atoms with Gasteiger partial charge >= 0.3 is 0 Å². The molecule has 0 saturated heterocycles. The summed E-state index contributed by atoms with van der Waals surface area (Å²) < 4.78 is 54.8. The first-order chi connectivity index (χ1) is 9.61. The lowest BCUT2D eigenvalue weighted by molar-refractivity contribution is 0.262. The lowest BCUT2D eigenvalue weighted by atomic mass is 10.0. The van der Waals surface area contributed by atoms with E-state index in [0.717, 1.165) is 0 Å². The molecule has 1 aromatic carbocycles. The quantitative estimate of drug-likeness (QED) is 0.831. The number of benzene rings is 1. The molecule has 0 amide bonds. The van der Waals surface area contributed by atoms with E-state index in [4.69, 9.17) is 9.88 Å². The maximum Gasteiger partial charge on any atom is 0.238 e. The van der Waals surface area contributed by atoms with Crippen LogP contribution in [0, 0.1) is 0 Å². The molecule has 9 heteroatoms. The fourth-order valence-corrected chi connectivity index (χ4v) is 3.47. The molecular weight excluding hydrogens is 316 g/mol. The Morgan fingerprint density at radius 3 is 2.52 bits per heavy atom. The van der Waals surface area contributed by atoms with E-state index in [9.17, 15) is 16.8 Å². The second-order valence-electron chi connectivity index (χ2n) is 5.15. The fraction of sp³-hybridized carbons (Fsp3) is 0.500. The van der Waals surface area contributed by atoms with Crippen molar-refractivity contribution < 1.29 is 21.6 Å². The normalized spacial score (nSPS) is 19.1. The smallest absolute Gasteiger partial charge is 0.238 e. The SMILES string of the molecule is CC(C)S(=O)(=O)NC1CCOc2ccc(S(N)(=O)=O)cc21. The molecule has 118 valence electrons. The van der Waals surface area contributed by atoms with Crippen LogP contribution in [0.25, 0.3) is 0 Å². The van der Waals surface area contributed by atoms with Crippen LogP contribution in [-0.4, -0.2) is 28.7 Å². The highest BCUT2D eigenvalue weighted by atomic mass is 32.2. The zero-order valence-electron chi connectivity index (χ0n) is 11.7. The van der Waals surface area contributed by atoms with Gasteiger partial charge in [0.05, 0.1) is 22.8 Å². The van der Waals surface area contributed by atoms with Crippen molar-refractivity contribution in [3.8, 4) is 5.75 Å². The zero-order valence-corrected chi connectivity index (χ0v) is 13.4. The van der Waals surface area contributed by atoms with Crippen molar-refractivity contribution in [1.82, 2.24) is 4.72 Å². The van der Waals surface area contributed by atoms with Crippen molar-refractivity contribution in [2.24, 2.45) is 5.14 Å². The molecule has 0 aliphatic carbocycles. The fourth-order valence-electron chi connectivity index (χ4n) is 2.01. The summed E-state index contributed by atoms with van der Waals surface area (Å²) in [6, 6.07) is 3.67. The summed E-state index contributed by atoms with van der Waals surface area (Å²) in [4.78, 5) is -0.0690. The Morgan fingerprint density at radius 2 is 1.95 bits per heavy atom. The molecule has 0 fully saturated rings. The monoisotopic (exact) mass is 334 g/mol. The van der Waals surface area contributed by atoms with Gasteiger partial charge in [0.1, 0.15) is 5.75 Å². The number of hydrogen-bond acceptors (Lipinski definition) is 5. The topological polar surface area (TPSA) is 116 Å². The Balaban J connectivity index is 2.43. The number of nitrogens with one attached hydrogen (secondary N) is 1. The van der Waals surface area contributed by atoms with E-state index in [0.29, 0.717) is 24.3 Å².